The molecule has 0 bridgehead atoms. The number of oxazole rings is 3. The Balaban J connectivity index is 1.13. The number of aliphatic hydroxyl groups excluding tert-OH is 9. The number of halogens is 4. The lowest BCUT2D eigenvalue weighted by molar-refractivity contribution is -0.490. The van der Waals surface area contributed by atoms with Crippen LogP contribution >= 0.6 is 0 Å². The number of ether oxygens (including phenoxy) is 7. The van der Waals surface area contributed by atoms with E-state index in [0.717, 1.165) is 18.2 Å². The van der Waals surface area contributed by atoms with Crippen molar-refractivity contribution in [2.45, 2.75) is 121 Å². The van der Waals surface area contributed by atoms with Crippen molar-refractivity contribution in [3.05, 3.63) is 181 Å². The molecular formula is C69H57F4N3O28. The van der Waals surface area contributed by atoms with Crippen molar-refractivity contribution >= 4 is 74.7 Å². The summed E-state index contributed by atoms with van der Waals surface area (Å²) < 4.78 is 129. The van der Waals surface area contributed by atoms with Crippen LogP contribution in [-0.2, 0) is 69.7 Å². The highest BCUT2D eigenvalue weighted by atomic mass is 19.2. The fourth-order valence-corrected chi connectivity index (χ4v) is 13.0. The number of fused-ring (bicyclic) bond motifs is 3. The number of aliphatic hydroxyl groups is 10. The summed E-state index contributed by atoms with van der Waals surface area (Å²) >= 11 is 0. The Labute approximate surface area is 578 Å². The van der Waals surface area contributed by atoms with Crippen molar-refractivity contribution in [3.8, 4) is 34.4 Å². The molecule has 3 aromatic heterocycles. The first-order valence-corrected chi connectivity index (χ1v) is 31.0. The average Bonchev–Trinajstić information content (AvgIpc) is 0.867. The highest BCUT2D eigenvalue weighted by molar-refractivity contribution is 5.90. The van der Waals surface area contributed by atoms with Crippen LogP contribution in [0, 0.1) is 0 Å². The zero-order valence-electron chi connectivity index (χ0n) is 52.8. The number of carbonyl (C=O) groups is 4. The number of aromatic nitrogens is 3. The first-order valence-electron chi connectivity index (χ1n) is 31.0. The van der Waals surface area contributed by atoms with Crippen LogP contribution in [0.3, 0.4) is 0 Å². The monoisotopic (exact) mass is 1450 g/mol. The van der Waals surface area contributed by atoms with Gasteiger partial charge in [-0.25, -0.2) is 47.3 Å². The third-order valence-corrected chi connectivity index (χ3v) is 18.1. The second-order valence-corrected chi connectivity index (χ2v) is 24.6. The number of hydrogen-bond donors (Lipinski definition) is 14. The number of nitrogens with zero attached hydrogens (tertiary/aromatic N) is 3. The SMILES string of the molecule is C=C(F)c1cc(C2(O[C@H]3[C@H](OC4(c5cc(C(=C)F)c6oc(-c7ccccc7)nc6c5)O[C@H](C(=O)O)[C@@H](O)[C@H](O)[C@H]4O)[C@@H](OC4(c5cc(C(=C)F)c6oc(-c7ccccc7)nc6c5)O[C@H](C(=O)O)[C@@H](O)[C@H](O)[C@H]4O)C(O)(F)O[C@@H]3C(=O)O)O[C@H](C(=O)O)[C@@H](O)[C@H](O)[C@H]2O)cc2nc(-c3ccccc3)oc12. The number of rotatable bonds is 19. The van der Waals surface area contributed by atoms with E-state index < -0.39 is 229 Å². The van der Waals surface area contributed by atoms with E-state index in [1.54, 1.807) is 18.2 Å². The van der Waals surface area contributed by atoms with Gasteiger partial charge >= 0.3 is 29.9 Å². The topological polar surface area (TPSA) is 494 Å². The maximum Gasteiger partial charge on any atom is 0.348 e. The van der Waals surface area contributed by atoms with E-state index in [9.17, 15) is 90.7 Å². The molecule has 0 amide bonds. The molecule has 13 rings (SSSR count). The van der Waals surface area contributed by atoms with E-state index >= 15 is 17.6 Å². The van der Waals surface area contributed by atoms with Crippen molar-refractivity contribution < 1.29 is 155 Å². The number of benzene rings is 6. The lowest BCUT2D eigenvalue weighted by Crippen LogP contribution is -2.75. The highest BCUT2D eigenvalue weighted by Crippen LogP contribution is 2.54. The van der Waals surface area contributed by atoms with Crippen molar-refractivity contribution in [1.82, 2.24) is 15.0 Å². The summed E-state index contributed by atoms with van der Waals surface area (Å²) in [6.45, 7) is 9.96. The second kappa shape index (κ2) is 26.8. The number of hydrogen-bond acceptors (Lipinski definition) is 27. The normalized spacial score (nSPS) is 32.3. The molecule has 31 nitrogen and oxygen atoms in total. The minimum Gasteiger partial charge on any atom is -0.479 e. The molecule has 544 valence electrons. The smallest absolute Gasteiger partial charge is 0.348 e. The number of carboxylic acid groups (broad SMARTS) is 4. The Morgan fingerprint density at radius 3 is 0.952 bits per heavy atom. The van der Waals surface area contributed by atoms with Crippen LogP contribution in [0.4, 0.5) is 17.6 Å². The number of alkyl halides is 1. The first-order chi connectivity index (χ1) is 49.2. The van der Waals surface area contributed by atoms with Crippen LogP contribution in [0.15, 0.2) is 160 Å². The van der Waals surface area contributed by atoms with Gasteiger partial charge in [-0.3, -0.25) is 0 Å². The van der Waals surface area contributed by atoms with Crippen LogP contribution < -0.4 is 0 Å². The standard InChI is InChI=1S/C69H57F4N3O28/c1-25(70)34-19-31(22-37-46(34)95-59(74-37)28-13-7-4-8-14-28)66(55(83)43(80)40(77)49(98-66)62(86)87)101-52-53(102-67(56(84)44(81)41(78)50(99-67)63(88)89)32-20-35(26(2)71)47-38(23-32)75-60(96-47)29-15-9-5-10-16-29)58(69(73,94)103-54(52)65(92)93)104-68(57(85)45(82)42(79)51(100-68)64(90)91)33-21-36(27(3)72)48-39(24-33)76-61(97-48)30-17-11-6-12-18-30/h4-24,40-45,49-58,77-85,94H,1-3H2,(H,86,87)(H,88,89)(H,90,91)(H,92,93)/t40-,41-,42-,43-,44-,45-,49-,50-,51-,52-,53-,54-,55+,56+,57+,58+,66?,67?,68?,69?/m0/s1. The molecule has 0 saturated carbocycles. The summed E-state index contributed by atoms with van der Waals surface area (Å²) in [5.41, 5.74) is -8.27. The van der Waals surface area contributed by atoms with Crippen LogP contribution in [0.5, 0.6) is 0 Å². The van der Waals surface area contributed by atoms with E-state index in [-0.39, 0.29) is 34.4 Å². The molecule has 4 aliphatic rings. The van der Waals surface area contributed by atoms with Crippen molar-refractivity contribution in [2.24, 2.45) is 0 Å². The van der Waals surface area contributed by atoms with E-state index in [1.165, 1.54) is 72.8 Å². The zero-order valence-corrected chi connectivity index (χ0v) is 52.8. The predicted molar refractivity (Wildman–Crippen MR) is 339 cm³/mol. The van der Waals surface area contributed by atoms with Gasteiger partial charge in [0.25, 0.3) is 0 Å². The zero-order chi connectivity index (χ0) is 74.7. The van der Waals surface area contributed by atoms with Crippen molar-refractivity contribution in [3.63, 3.8) is 0 Å². The van der Waals surface area contributed by atoms with Crippen LogP contribution in [0.25, 0.3) is 85.1 Å². The molecule has 0 radical (unpaired) electrons. The largest absolute Gasteiger partial charge is 0.479 e. The van der Waals surface area contributed by atoms with Crippen LogP contribution in [-0.4, -0.2) is 214 Å². The van der Waals surface area contributed by atoms with Gasteiger partial charge in [-0.05, 0) is 72.8 Å². The Morgan fingerprint density at radius 2 is 0.673 bits per heavy atom. The lowest BCUT2D eigenvalue weighted by atomic mass is 9.84. The molecule has 0 aliphatic carbocycles. The molecule has 35 heteroatoms. The fourth-order valence-electron chi connectivity index (χ4n) is 13.0. The summed E-state index contributed by atoms with van der Waals surface area (Å²) in [4.78, 5) is 67.7. The van der Waals surface area contributed by atoms with Gasteiger partial charge in [0.15, 0.2) is 47.3 Å². The summed E-state index contributed by atoms with van der Waals surface area (Å²) in [5, 5.41) is 165. The summed E-state index contributed by atoms with van der Waals surface area (Å²) in [7, 11) is 0. The van der Waals surface area contributed by atoms with Crippen LogP contribution in [0.1, 0.15) is 33.4 Å². The van der Waals surface area contributed by atoms with Gasteiger partial charge < -0.3 is 118 Å². The highest BCUT2D eigenvalue weighted by Gasteiger charge is 2.71. The molecule has 9 aromatic rings. The Bertz CT molecular complexity index is 4910. The van der Waals surface area contributed by atoms with E-state index in [0.29, 0.717) is 18.2 Å². The van der Waals surface area contributed by atoms with Gasteiger partial charge in [0.2, 0.25) is 35.0 Å². The summed E-state index contributed by atoms with van der Waals surface area (Å²) in [6.07, 6.45) is -50.5. The van der Waals surface area contributed by atoms with Gasteiger partial charge in [0.05, 0.1) is 16.7 Å². The van der Waals surface area contributed by atoms with E-state index in [4.69, 9.17) is 46.4 Å². The maximum absolute atomic E-state index is 19.0. The van der Waals surface area contributed by atoms with Gasteiger partial charge in [-0.1, -0.05) is 74.3 Å². The molecule has 14 N–H and O–H groups in total. The molecule has 4 aliphatic heterocycles. The summed E-state index contributed by atoms with van der Waals surface area (Å²) in [6, 6.07) is 21.5. The van der Waals surface area contributed by atoms with Crippen molar-refractivity contribution in [2.75, 3.05) is 0 Å². The van der Waals surface area contributed by atoms with Gasteiger partial charge in [-0.15, -0.1) is 0 Å². The fraction of sp³-hybridized carbons (Fsp3) is 0.290. The molecule has 4 unspecified atom stereocenters. The third kappa shape index (κ3) is 12.1. The third-order valence-electron chi connectivity index (χ3n) is 18.1. The molecule has 0 spiro atoms. The van der Waals surface area contributed by atoms with E-state index in [2.05, 4.69) is 34.7 Å². The number of carboxylic acids is 4. The summed E-state index contributed by atoms with van der Waals surface area (Å²) in [5.74, 6) is -26.7. The van der Waals surface area contributed by atoms with Crippen molar-refractivity contribution in [1.29, 1.82) is 0 Å². The minimum atomic E-state index is -5.20. The molecule has 7 heterocycles. The first kappa shape index (κ1) is 72.2. The average molecular weight is 1450 g/mol. The van der Waals surface area contributed by atoms with Gasteiger partial charge in [-0.2, -0.15) is 4.39 Å². The minimum absolute atomic E-state index is 0.186. The van der Waals surface area contributed by atoms with Gasteiger partial charge in [0.1, 0.15) is 101 Å². The second-order valence-electron chi connectivity index (χ2n) is 24.6. The quantitative estimate of drug-likeness (QED) is 0.0513. The lowest BCUT2D eigenvalue weighted by Gasteiger charge is -2.56. The predicted octanol–water partition coefficient (Wildman–Crippen LogP) is 3.74. The number of aliphatic carboxylic acids is 4. The van der Waals surface area contributed by atoms with Crippen LogP contribution in [0.2, 0.25) is 0 Å². The molecule has 104 heavy (non-hydrogen) atoms. The molecule has 20 atom stereocenters. The molecular weight excluding hydrogens is 1390 g/mol. The molecule has 6 aromatic carbocycles. The maximum atomic E-state index is 19.0. The molecule has 4 saturated heterocycles. The Hall–Kier alpha value is -10.1. The molecule has 4 fully saturated rings. The Kier molecular flexibility index (Phi) is 18.6. The van der Waals surface area contributed by atoms with Gasteiger partial charge in [0, 0.05) is 33.4 Å². The van der Waals surface area contributed by atoms with E-state index in [1.807, 2.05) is 0 Å². The Morgan fingerprint density at radius 1 is 0.394 bits per heavy atom.